The fraction of sp³-hybridized carbons (Fsp3) is 0.400. The van der Waals surface area contributed by atoms with Crippen molar-refractivity contribution in [1.29, 1.82) is 0 Å². The Morgan fingerprint density at radius 1 is 1.17 bits per heavy atom. The van der Waals surface area contributed by atoms with E-state index in [0.717, 1.165) is 46.3 Å². The third-order valence-corrected chi connectivity index (χ3v) is 5.66. The second-order valence-electron chi connectivity index (χ2n) is 8.62. The van der Waals surface area contributed by atoms with E-state index < -0.39 is 0 Å². The van der Waals surface area contributed by atoms with Gasteiger partial charge in [0.2, 0.25) is 0 Å². The van der Waals surface area contributed by atoms with Crippen molar-refractivity contribution in [2.75, 3.05) is 6.61 Å². The highest BCUT2D eigenvalue weighted by molar-refractivity contribution is 6.06. The van der Waals surface area contributed by atoms with Crippen LogP contribution in [0.25, 0.3) is 10.9 Å². The van der Waals surface area contributed by atoms with E-state index in [1.807, 2.05) is 29.2 Å². The van der Waals surface area contributed by atoms with Gasteiger partial charge in [-0.15, -0.1) is 0 Å². The van der Waals surface area contributed by atoms with Crippen molar-refractivity contribution >= 4 is 16.8 Å². The first-order valence-corrected chi connectivity index (χ1v) is 10.5. The number of aromatic amines is 1. The maximum absolute atomic E-state index is 13.5. The predicted molar refractivity (Wildman–Crippen MR) is 117 cm³/mol. The van der Waals surface area contributed by atoms with Gasteiger partial charge in [0, 0.05) is 23.7 Å². The number of fused-ring (bicyclic) bond motifs is 1. The van der Waals surface area contributed by atoms with Gasteiger partial charge in [-0.05, 0) is 61.9 Å². The quantitative estimate of drug-likeness (QED) is 0.569. The highest BCUT2D eigenvalue weighted by atomic mass is 16.5. The number of aryl methyl sites for hydroxylation is 2. The van der Waals surface area contributed by atoms with E-state index in [9.17, 15) is 4.79 Å². The molecule has 4 heteroatoms. The SMILES string of the molecule is Cc1[nH]c2c(C(=O)N(Cc3cccc(OCC(C)C)c3)C3CC3)cccc2c1C. The highest BCUT2D eigenvalue weighted by Crippen LogP contribution is 2.32. The van der Waals surface area contributed by atoms with Gasteiger partial charge in [-0.3, -0.25) is 4.79 Å². The smallest absolute Gasteiger partial charge is 0.256 e. The lowest BCUT2D eigenvalue weighted by Crippen LogP contribution is -2.32. The fourth-order valence-corrected chi connectivity index (χ4v) is 3.76. The van der Waals surface area contributed by atoms with E-state index in [1.54, 1.807) is 0 Å². The number of para-hydroxylation sites is 1. The number of ether oxygens (including phenoxy) is 1. The first-order valence-electron chi connectivity index (χ1n) is 10.5. The molecule has 0 spiro atoms. The first kappa shape index (κ1) is 19.6. The van der Waals surface area contributed by atoms with Gasteiger partial charge in [-0.2, -0.15) is 0 Å². The average molecular weight is 391 g/mol. The Morgan fingerprint density at radius 3 is 2.66 bits per heavy atom. The van der Waals surface area contributed by atoms with Crippen LogP contribution >= 0.6 is 0 Å². The fourth-order valence-electron chi connectivity index (χ4n) is 3.76. The molecule has 1 amide bonds. The van der Waals surface area contributed by atoms with Crippen LogP contribution in [-0.4, -0.2) is 28.4 Å². The van der Waals surface area contributed by atoms with Gasteiger partial charge in [-0.25, -0.2) is 0 Å². The van der Waals surface area contributed by atoms with Crippen molar-refractivity contribution in [3.8, 4) is 5.75 Å². The first-order chi connectivity index (χ1) is 13.9. The number of carbonyl (C=O) groups is 1. The Hall–Kier alpha value is -2.75. The van der Waals surface area contributed by atoms with Crippen molar-refractivity contribution in [2.24, 2.45) is 5.92 Å². The van der Waals surface area contributed by atoms with Crippen molar-refractivity contribution in [1.82, 2.24) is 9.88 Å². The molecule has 1 aliphatic carbocycles. The zero-order valence-electron chi connectivity index (χ0n) is 17.8. The Balaban J connectivity index is 1.60. The molecule has 4 nitrogen and oxygen atoms in total. The lowest BCUT2D eigenvalue weighted by molar-refractivity contribution is 0.0731. The van der Waals surface area contributed by atoms with E-state index in [-0.39, 0.29) is 5.91 Å². The molecule has 1 aromatic heterocycles. The van der Waals surface area contributed by atoms with E-state index >= 15 is 0 Å². The Labute approximate surface area is 172 Å². The number of H-pyrrole nitrogens is 1. The largest absolute Gasteiger partial charge is 0.493 e. The summed E-state index contributed by atoms with van der Waals surface area (Å²) in [6.07, 6.45) is 2.15. The van der Waals surface area contributed by atoms with Crippen molar-refractivity contribution in [3.05, 3.63) is 64.8 Å². The van der Waals surface area contributed by atoms with Gasteiger partial charge in [0.05, 0.1) is 17.7 Å². The van der Waals surface area contributed by atoms with Gasteiger partial charge in [0.1, 0.15) is 5.75 Å². The number of aromatic nitrogens is 1. The number of nitrogens with zero attached hydrogens (tertiary/aromatic N) is 1. The highest BCUT2D eigenvalue weighted by Gasteiger charge is 2.34. The van der Waals surface area contributed by atoms with Crippen molar-refractivity contribution < 1.29 is 9.53 Å². The predicted octanol–water partition coefficient (Wildman–Crippen LogP) is 5.62. The molecule has 4 rings (SSSR count). The van der Waals surface area contributed by atoms with Gasteiger partial charge in [0.15, 0.2) is 0 Å². The zero-order valence-corrected chi connectivity index (χ0v) is 17.8. The van der Waals surface area contributed by atoms with E-state index in [4.69, 9.17) is 4.74 Å². The summed E-state index contributed by atoms with van der Waals surface area (Å²) in [5.41, 5.74) is 5.15. The van der Waals surface area contributed by atoms with E-state index in [0.29, 0.717) is 25.1 Å². The normalized spacial score (nSPS) is 13.8. The average Bonchev–Trinajstić information content (AvgIpc) is 3.50. The number of hydrogen-bond donors (Lipinski definition) is 1. The Morgan fingerprint density at radius 2 is 1.93 bits per heavy atom. The molecule has 0 atom stereocenters. The van der Waals surface area contributed by atoms with E-state index in [2.05, 4.69) is 50.9 Å². The molecule has 1 heterocycles. The van der Waals surface area contributed by atoms with Crippen LogP contribution in [0.15, 0.2) is 42.5 Å². The van der Waals surface area contributed by atoms with Gasteiger partial charge >= 0.3 is 0 Å². The van der Waals surface area contributed by atoms with Gasteiger partial charge < -0.3 is 14.6 Å². The molecule has 0 bridgehead atoms. The number of rotatable bonds is 7. The van der Waals surface area contributed by atoms with Gasteiger partial charge in [0.25, 0.3) is 5.91 Å². The van der Waals surface area contributed by atoms with Crippen LogP contribution in [0.3, 0.4) is 0 Å². The van der Waals surface area contributed by atoms with Crippen LogP contribution in [0, 0.1) is 19.8 Å². The van der Waals surface area contributed by atoms with Crippen molar-refractivity contribution in [2.45, 2.75) is 53.1 Å². The van der Waals surface area contributed by atoms with Gasteiger partial charge in [-0.1, -0.05) is 38.1 Å². The standard InChI is InChI=1S/C25H30N2O2/c1-16(2)15-29-21-8-5-7-19(13-21)14-27(20-11-12-20)25(28)23-10-6-9-22-17(3)18(4)26-24(22)23/h5-10,13,16,20,26H,11-12,14-15H2,1-4H3. The maximum atomic E-state index is 13.5. The van der Waals surface area contributed by atoms with Crippen LogP contribution in [0.5, 0.6) is 5.75 Å². The molecular formula is C25H30N2O2. The molecule has 0 aliphatic heterocycles. The summed E-state index contributed by atoms with van der Waals surface area (Å²) >= 11 is 0. The number of nitrogens with one attached hydrogen (secondary N) is 1. The Bertz CT molecular complexity index is 1030. The number of amides is 1. The van der Waals surface area contributed by atoms with E-state index in [1.165, 1.54) is 5.56 Å². The summed E-state index contributed by atoms with van der Waals surface area (Å²) in [6, 6.07) is 14.5. The molecule has 152 valence electrons. The molecule has 1 saturated carbocycles. The third kappa shape index (κ3) is 4.16. The summed E-state index contributed by atoms with van der Waals surface area (Å²) in [4.78, 5) is 19.0. The molecule has 1 fully saturated rings. The molecule has 1 aliphatic rings. The molecule has 3 aromatic rings. The van der Waals surface area contributed by atoms with Crippen LogP contribution < -0.4 is 4.74 Å². The maximum Gasteiger partial charge on any atom is 0.256 e. The topological polar surface area (TPSA) is 45.3 Å². The minimum atomic E-state index is 0.104. The second-order valence-corrected chi connectivity index (χ2v) is 8.62. The summed E-state index contributed by atoms with van der Waals surface area (Å²) in [6.45, 7) is 9.75. The number of hydrogen-bond acceptors (Lipinski definition) is 2. The zero-order chi connectivity index (χ0) is 20.5. The lowest BCUT2D eigenvalue weighted by atomic mass is 10.1. The molecule has 2 aromatic carbocycles. The monoisotopic (exact) mass is 390 g/mol. The molecule has 29 heavy (non-hydrogen) atoms. The Kier molecular flexibility index (Phi) is 5.35. The van der Waals surface area contributed by atoms with Crippen LogP contribution in [0.4, 0.5) is 0 Å². The lowest BCUT2D eigenvalue weighted by Gasteiger charge is -2.23. The summed E-state index contributed by atoms with van der Waals surface area (Å²) in [7, 11) is 0. The summed E-state index contributed by atoms with van der Waals surface area (Å²) in [5.74, 6) is 1.46. The molecule has 0 unspecified atom stereocenters. The minimum absolute atomic E-state index is 0.104. The van der Waals surface area contributed by atoms with Crippen molar-refractivity contribution in [3.63, 3.8) is 0 Å². The van der Waals surface area contributed by atoms with Crippen LogP contribution in [-0.2, 0) is 6.54 Å². The minimum Gasteiger partial charge on any atom is -0.493 e. The third-order valence-electron chi connectivity index (χ3n) is 5.66. The summed E-state index contributed by atoms with van der Waals surface area (Å²) < 4.78 is 5.88. The number of carbonyl (C=O) groups excluding carboxylic acids is 1. The summed E-state index contributed by atoms with van der Waals surface area (Å²) in [5, 5.41) is 1.13. The molecule has 0 saturated heterocycles. The van der Waals surface area contributed by atoms with Crippen LogP contribution in [0.1, 0.15) is 53.9 Å². The second kappa shape index (κ2) is 7.94. The molecular weight excluding hydrogens is 360 g/mol. The molecule has 1 N–H and O–H groups in total. The van der Waals surface area contributed by atoms with Crippen LogP contribution in [0.2, 0.25) is 0 Å². The number of benzene rings is 2. The molecule has 0 radical (unpaired) electrons.